The van der Waals surface area contributed by atoms with Crippen LogP contribution in [-0.2, 0) is 16.6 Å². The molecule has 24 heavy (non-hydrogen) atoms. The largest absolute Gasteiger partial charge is 0.464 e. The Morgan fingerprint density at radius 2 is 1.83 bits per heavy atom. The Morgan fingerprint density at radius 1 is 1.08 bits per heavy atom. The van der Waals surface area contributed by atoms with E-state index in [4.69, 9.17) is 4.42 Å². The summed E-state index contributed by atoms with van der Waals surface area (Å²) in [6.45, 7) is -0.0813. The van der Waals surface area contributed by atoms with Crippen LogP contribution in [-0.4, -0.2) is 13.4 Å². The van der Waals surface area contributed by atoms with Crippen LogP contribution >= 0.6 is 0 Å². The summed E-state index contributed by atoms with van der Waals surface area (Å²) < 4.78 is 58.2. The topological polar surface area (TPSA) is 72.2 Å². The third-order valence-electron chi connectivity index (χ3n) is 3.21. The molecule has 0 aliphatic carbocycles. The maximum absolute atomic E-state index is 13.2. The molecule has 0 atom stereocenters. The Kier molecular flexibility index (Phi) is 4.41. The molecule has 124 valence electrons. The van der Waals surface area contributed by atoms with Crippen molar-refractivity contribution in [2.45, 2.75) is 11.4 Å². The van der Waals surface area contributed by atoms with Gasteiger partial charge in [-0.25, -0.2) is 21.9 Å². The van der Waals surface area contributed by atoms with Crippen LogP contribution in [0.25, 0.3) is 11.3 Å². The van der Waals surface area contributed by atoms with Crippen molar-refractivity contribution >= 4 is 10.0 Å². The van der Waals surface area contributed by atoms with E-state index >= 15 is 0 Å². The van der Waals surface area contributed by atoms with Crippen LogP contribution in [0.5, 0.6) is 0 Å². The van der Waals surface area contributed by atoms with Gasteiger partial charge in [0.05, 0.1) is 11.2 Å². The molecule has 0 spiro atoms. The standard InChI is InChI=1S/C16H12F2N2O3S/c17-13-5-14(18)7-15(6-13)24(21,22)20-9-11-4-12(10-19-8-11)16-2-1-3-23-16/h1-8,10,20H,9H2. The van der Waals surface area contributed by atoms with Gasteiger partial charge in [-0.05, 0) is 35.9 Å². The molecule has 1 aromatic carbocycles. The Hall–Kier alpha value is -2.58. The zero-order valence-electron chi connectivity index (χ0n) is 12.2. The number of hydrogen-bond acceptors (Lipinski definition) is 4. The molecule has 0 bridgehead atoms. The second-order valence-electron chi connectivity index (χ2n) is 4.99. The number of hydrogen-bond donors (Lipinski definition) is 1. The van der Waals surface area contributed by atoms with Crippen molar-refractivity contribution in [3.63, 3.8) is 0 Å². The van der Waals surface area contributed by atoms with Gasteiger partial charge in [0, 0.05) is 30.6 Å². The summed E-state index contributed by atoms with van der Waals surface area (Å²) in [4.78, 5) is 3.55. The van der Waals surface area contributed by atoms with Crippen LogP contribution in [0, 0.1) is 11.6 Å². The van der Waals surface area contributed by atoms with E-state index in [1.807, 2.05) is 0 Å². The predicted molar refractivity (Wildman–Crippen MR) is 82.3 cm³/mol. The van der Waals surface area contributed by atoms with Crippen molar-refractivity contribution in [2.24, 2.45) is 0 Å². The van der Waals surface area contributed by atoms with E-state index < -0.39 is 26.6 Å². The van der Waals surface area contributed by atoms with E-state index in [1.54, 1.807) is 24.4 Å². The monoisotopic (exact) mass is 350 g/mol. The average molecular weight is 350 g/mol. The second kappa shape index (κ2) is 6.50. The van der Waals surface area contributed by atoms with Crippen molar-refractivity contribution in [2.75, 3.05) is 0 Å². The molecule has 3 aromatic rings. The van der Waals surface area contributed by atoms with Gasteiger partial charge in [-0.3, -0.25) is 4.98 Å². The molecule has 1 N–H and O–H groups in total. The first-order valence-electron chi connectivity index (χ1n) is 6.87. The van der Waals surface area contributed by atoms with E-state index in [0.717, 1.165) is 12.1 Å². The molecule has 2 heterocycles. The molecular weight excluding hydrogens is 338 g/mol. The molecule has 0 radical (unpaired) electrons. The number of nitrogens with one attached hydrogen (secondary N) is 1. The summed E-state index contributed by atoms with van der Waals surface area (Å²) in [6.07, 6.45) is 4.59. The number of sulfonamides is 1. The number of benzene rings is 1. The highest BCUT2D eigenvalue weighted by atomic mass is 32.2. The van der Waals surface area contributed by atoms with Gasteiger partial charge in [0.1, 0.15) is 17.4 Å². The van der Waals surface area contributed by atoms with Crippen molar-refractivity contribution < 1.29 is 21.6 Å². The van der Waals surface area contributed by atoms with Crippen molar-refractivity contribution in [1.82, 2.24) is 9.71 Å². The zero-order chi connectivity index (χ0) is 17.2. The molecule has 0 amide bonds. The highest BCUT2D eigenvalue weighted by Gasteiger charge is 2.16. The minimum Gasteiger partial charge on any atom is -0.464 e. The highest BCUT2D eigenvalue weighted by molar-refractivity contribution is 7.89. The lowest BCUT2D eigenvalue weighted by Crippen LogP contribution is -2.23. The smallest absolute Gasteiger partial charge is 0.241 e. The normalized spacial score (nSPS) is 11.6. The van der Waals surface area contributed by atoms with Gasteiger partial charge in [-0.2, -0.15) is 0 Å². The molecule has 2 aromatic heterocycles. The quantitative estimate of drug-likeness (QED) is 0.767. The van der Waals surface area contributed by atoms with Gasteiger partial charge in [0.25, 0.3) is 0 Å². The molecular formula is C16H12F2N2O3S. The van der Waals surface area contributed by atoms with Gasteiger partial charge in [0.15, 0.2) is 0 Å². The number of rotatable bonds is 5. The fourth-order valence-corrected chi connectivity index (χ4v) is 3.17. The van der Waals surface area contributed by atoms with E-state index in [9.17, 15) is 17.2 Å². The molecule has 0 saturated carbocycles. The highest BCUT2D eigenvalue weighted by Crippen LogP contribution is 2.20. The minimum absolute atomic E-state index is 0.0813. The van der Waals surface area contributed by atoms with E-state index in [0.29, 0.717) is 23.0 Å². The average Bonchev–Trinajstić information content (AvgIpc) is 3.07. The molecule has 5 nitrogen and oxygen atoms in total. The van der Waals surface area contributed by atoms with Crippen molar-refractivity contribution in [1.29, 1.82) is 0 Å². The lowest BCUT2D eigenvalue weighted by Gasteiger charge is -2.08. The Labute approximate surface area is 137 Å². The lowest BCUT2D eigenvalue weighted by molar-refractivity contribution is 0.561. The fraction of sp³-hybridized carbons (Fsp3) is 0.0625. The SMILES string of the molecule is O=S(=O)(NCc1cncc(-c2ccco2)c1)c1cc(F)cc(F)c1. The third-order valence-corrected chi connectivity index (χ3v) is 4.59. The van der Waals surface area contributed by atoms with Crippen LogP contribution in [0.3, 0.4) is 0 Å². The number of nitrogens with zero attached hydrogens (tertiary/aromatic N) is 1. The van der Waals surface area contributed by atoms with Gasteiger partial charge in [0.2, 0.25) is 10.0 Å². The van der Waals surface area contributed by atoms with Crippen LogP contribution in [0.2, 0.25) is 0 Å². The molecule has 0 saturated heterocycles. The second-order valence-corrected chi connectivity index (χ2v) is 6.76. The molecule has 3 rings (SSSR count). The summed E-state index contributed by atoms with van der Waals surface area (Å²) in [5, 5.41) is 0. The van der Waals surface area contributed by atoms with Crippen LogP contribution < -0.4 is 4.72 Å². The molecule has 0 fully saturated rings. The van der Waals surface area contributed by atoms with Crippen molar-refractivity contribution in [3.8, 4) is 11.3 Å². The van der Waals surface area contributed by atoms with Crippen molar-refractivity contribution in [3.05, 3.63) is 72.3 Å². The van der Waals surface area contributed by atoms with Gasteiger partial charge in [-0.15, -0.1) is 0 Å². The van der Waals surface area contributed by atoms with E-state index in [2.05, 4.69) is 9.71 Å². The summed E-state index contributed by atoms with van der Waals surface area (Å²) >= 11 is 0. The summed E-state index contributed by atoms with van der Waals surface area (Å²) in [5.74, 6) is -1.33. The maximum Gasteiger partial charge on any atom is 0.241 e. The molecule has 0 aliphatic heterocycles. The first-order chi connectivity index (χ1) is 11.4. The Balaban J connectivity index is 1.79. The van der Waals surface area contributed by atoms with Gasteiger partial charge in [-0.1, -0.05) is 0 Å². The first-order valence-corrected chi connectivity index (χ1v) is 8.36. The summed E-state index contributed by atoms with van der Waals surface area (Å²) in [7, 11) is -4.05. The Morgan fingerprint density at radius 3 is 2.50 bits per heavy atom. The predicted octanol–water partition coefficient (Wildman–Crippen LogP) is 3.10. The van der Waals surface area contributed by atoms with Gasteiger partial charge < -0.3 is 4.42 Å². The van der Waals surface area contributed by atoms with E-state index in [-0.39, 0.29) is 6.54 Å². The summed E-state index contributed by atoms with van der Waals surface area (Å²) in [5.41, 5.74) is 1.26. The number of furan rings is 1. The van der Waals surface area contributed by atoms with Crippen LogP contribution in [0.4, 0.5) is 8.78 Å². The third kappa shape index (κ3) is 3.66. The molecule has 8 heteroatoms. The summed E-state index contributed by atoms with van der Waals surface area (Å²) in [6, 6.07) is 7.30. The number of halogens is 2. The maximum atomic E-state index is 13.2. The zero-order valence-corrected chi connectivity index (χ0v) is 13.1. The van der Waals surface area contributed by atoms with E-state index in [1.165, 1.54) is 12.5 Å². The minimum atomic E-state index is -4.05. The lowest BCUT2D eigenvalue weighted by atomic mass is 10.2. The van der Waals surface area contributed by atoms with Crippen LogP contribution in [0.15, 0.2) is 64.4 Å². The molecule has 0 unspecified atom stereocenters. The molecule has 0 aliphatic rings. The first kappa shape index (κ1) is 16.3. The Bertz CT molecular complexity index is 937. The fourth-order valence-electron chi connectivity index (χ4n) is 2.11. The van der Waals surface area contributed by atoms with Crippen LogP contribution in [0.1, 0.15) is 5.56 Å². The number of aromatic nitrogens is 1. The number of pyridine rings is 1. The van der Waals surface area contributed by atoms with Gasteiger partial charge >= 0.3 is 0 Å².